The fourth-order valence-corrected chi connectivity index (χ4v) is 3.56. The van der Waals surface area contributed by atoms with Crippen LogP contribution < -0.4 is 14.2 Å². The van der Waals surface area contributed by atoms with Crippen molar-refractivity contribution in [2.45, 2.75) is 58.2 Å². The smallest absolute Gasteiger partial charge is 0.303 e. The first-order chi connectivity index (χ1) is 14.6. The van der Waals surface area contributed by atoms with Crippen molar-refractivity contribution in [2.24, 2.45) is 0 Å². The second-order valence-corrected chi connectivity index (χ2v) is 6.93. The van der Waals surface area contributed by atoms with E-state index in [0.29, 0.717) is 22.8 Å². The molecule has 1 fully saturated rings. The van der Waals surface area contributed by atoms with Gasteiger partial charge in [0.25, 0.3) is 0 Å². The van der Waals surface area contributed by atoms with Crippen LogP contribution >= 0.6 is 0 Å². The van der Waals surface area contributed by atoms with Gasteiger partial charge in [-0.2, -0.15) is 0 Å². The van der Waals surface area contributed by atoms with Crippen molar-refractivity contribution < 1.29 is 47.5 Å². The van der Waals surface area contributed by atoms with Crippen LogP contribution in [0.3, 0.4) is 0 Å². The maximum Gasteiger partial charge on any atom is 0.303 e. The van der Waals surface area contributed by atoms with Crippen molar-refractivity contribution in [1.82, 2.24) is 0 Å². The van der Waals surface area contributed by atoms with E-state index >= 15 is 0 Å². The lowest BCUT2D eigenvalue weighted by molar-refractivity contribution is -0.245. The number of ether oxygens (including phenoxy) is 7. The van der Waals surface area contributed by atoms with E-state index in [4.69, 9.17) is 33.2 Å². The van der Waals surface area contributed by atoms with Gasteiger partial charge in [-0.3, -0.25) is 14.4 Å². The molecule has 10 heteroatoms. The lowest BCUT2D eigenvalue weighted by Crippen LogP contribution is -2.57. The number of hydrogen-bond donors (Lipinski definition) is 0. The van der Waals surface area contributed by atoms with Crippen LogP contribution in [0.1, 0.15) is 39.4 Å². The summed E-state index contributed by atoms with van der Waals surface area (Å²) in [5, 5.41) is 0. The number of carbonyl (C=O) groups excluding carboxylic acids is 3. The van der Waals surface area contributed by atoms with Crippen molar-refractivity contribution in [1.29, 1.82) is 0 Å². The summed E-state index contributed by atoms with van der Waals surface area (Å²) in [7, 11) is 4.40. The van der Waals surface area contributed by atoms with Crippen LogP contribution in [-0.2, 0) is 33.3 Å². The van der Waals surface area contributed by atoms with Gasteiger partial charge in [0.1, 0.15) is 23.4 Å². The summed E-state index contributed by atoms with van der Waals surface area (Å²) in [6, 6.07) is 3.24. The van der Waals surface area contributed by atoms with E-state index in [0.717, 1.165) is 0 Å². The standard InChI is InChI=1S/C21H28O10/c1-10-18(29-11(2)22)20(30-12(3)23)21(31-13(4)24)19(28-10)17-15(26-6)8-14(25-5)9-16(17)27-7/h8-10,18-21H,1-7H3/t10-,18+,19+,20+,21+/m1/s1. The molecule has 0 bridgehead atoms. The van der Waals surface area contributed by atoms with Gasteiger partial charge in [0.05, 0.1) is 33.0 Å². The molecule has 0 unspecified atom stereocenters. The van der Waals surface area contributed by atoms with Gasteiger partial charge >= 0.3 is 17.9 Å². The van der Waals surface area contributed by atoms with Crippen molar-refractivity contribution in [3.63, 3.8) is 0 Å². The molecule has 172 valence electrons. The molecule has 1 aromatic rings. The number of benzene rings is 1. The lowest BCUT2D eigenvalue weighted by Gasteiger charge is -2.44. The Morgan fingerprint density at radius 1 is 0.742 bits per heavy atom. The van der Waals surface area contributed by atoms with Crippen molar-refractivity contribution in [3.8, 4) is 17.2 Å². The molecule has 1 saturated heterocycles. The summed E-state index contributed by atoms with van der Waals surface area (Å²) < 4.78 is 38.7. The van der Waals surface area contributed by atoms with E-state index < -0.39 is 48.4 Å². The zero-order valence-corrected chi connectivity index (χ0v) is 18.6. The lowest BCUT2D eigenvalue weighted by atomic mass is 9.89. The van der Waals surface area contributed by atoms with Gasteiger partial charge < -0.3 is 33.2 Å². The van der Waals surface area contributed by atoms with Crippen LogP contribution in [0.25, 0.3) is 0 Å². The summed E-state index contributed by atoms with van der Waals surface area (Å²) in [5.41, 5.74) is 0.419. The first-order valence-electron chi connectivity index (χ1n) is 9.59. The first kappa shape index (κ1) is 24.3. The number of carbonyl (C=O) groups is 3. The van der Waals surface area contributed by atoms with Crippen LogP contribution in [0, 0.1) is 0 Å². The molecule has 1 aromatic carbocycles. The van der Waals surface area contributed by atoms with Gasteiger partial charge in [-0.15, -0.1) is 0 Å². The molecular formula is C21H28O10. The summed E-state index contributed by atoms with van der Waals surface area (Å²) in [5.74, 6) is -0.716. The van der Waals surface area contributed by atoms with E-state index in [-0.39, 0.29) is 0 Å². The van der Waals surface area contributed by atoms with Gasteiger partial charge in [0, 0.05) is 32.9 Å². The highest BCUT2D eigenvalue weighted by molar-refractivity contribution is 5.68. The van der Waals surface area contributed by atoms with Gasteiger partial charge in [-0.1, -0.05) is 0 Å². The second kappa shape index (κ2) is 10.3. The molecule has 0 saturated carbocycles. The number of esters is 3. The van der Waals surface area contributed by atoms with Crippen molar-refractivity contribution in [3.05, 3.63) is 17.7 Å². The Labute approximate surface area is 180 Å². The molecule has 10 nitrogen and oxygen atoms in total. The van der Waals surface area contributed by atoms with Crippen LogP contribution in [0.15, 0.2) is 12.1 Å². The first-order valence-corrected chi connectivity index (χ1v) is 9.59. The summed E-state index contributed by atoms with van der Waals surface area (Å²) in [6.07, 6.45) is -4.97. The average molecular weight is 440 g/mol. The normalized spacial score (nSPS) is 25.2. The molecular weight excluding hydrogens is 412 g/mol. The quantitative estimate of drug-likeness (QED) is 0.460. The average Bonchev–Trinajstić information content (AvgIpc) is 2.70. The molecule has 0 N–H and O–H groups in total. The van der Waals surface area contributed by atoms with Crippen molar-refractivity contribution >= 4 is 17.9 Å². The topological polar surface area (TPSA) is 116 Å². The Morgan fingerprint density at radius 3 is 1.61 bits per heavy atom. The summed E-state index contributed by atoms with van der Waals surface area (Å²) >= 11 is 0. The predicted octanol–water partition coefficient (Wildman–Crippen LogP) is 1.97. The molecule has 0 spiro atoms. The highest BCUT2D eigenvalue weighted by Crippen LogP contribution is 2.46. The Balaban J connectivity index is 2.66. The molecule has 2 rings (SSSR count). The third kappa shape index (κ3) is 5.57. The minimum atomic E-state index is -1.15. The second-order valence-electron chi connectivity index (χ2n) is 6.93. The Kier molecular flexibility index (Phi) is 8.09. The van der Waals surface area contributed by atoms with Crippen LogP contribution in [-0.4, -0.2) is 63.7 Å². The number of methoxy groups -OCH3 is 3. The molecule has 0 aliphatic carbocycles. The van der Waals surface area contributed by atoms with Crippen LogP contribution in [0.2, 0.25) is 0 Å². The largest absolute Gasteiger partial charge is 0.496 e. The fourth-order valence-electron chi connectivity index (χ4n) is 3.56. The molecule has 1 aliphatic rings. The SMILES string of the molecule is COc1cc(OC)c([C@@H]2O[C@H](C)[C@H](OC(C)=O)[C@H](OC(C)=O)[C@H]2OC(C)=O)c(OC)c1. The third-order valence-corrected chi connectivity index (χ3v) is 4.71. The monoisotopic (exact) mass is 440 g/mol. The Hall–Kier alpha value is -3.01. The van der Waals surface area contributed by atoms with Gasteiger partial charge in [0.2, 0.25) is 0 Å². The number of rotatable bonds is 7. The fraction of sp³-hybridized carbons (Fsp3) is 0.571. The van der Waals surface area contributed by atoms with Gasteiger partial charge in [0.15, 0.2) is 18.3 Å². The van der Waals surface area contributed by atoms with E-state index in [2.05, 4.69) is 0 Å². The minimum absolute atomic E-state index is 0.345. The minimum Gasteiger partial charge on any atom is -0.496 e. The summed E-state index contributed by atoms with van der Waals surface area (Å²) in [4.78, 5) is 35.4. The molecule has 0 amide bonds. The van der Waals surface area contributed by atoms with E-state index in [1.165, 1.54) is 42.1 Å². The van der Waals surface area contributed by atoms with Crippen LogP contribution in [0.4, 0.5) is 0 Å². The molecule has 0 aromatic heterocycles. The molecule has 1 heterocycles. The van der Waals surface area contributed by atoms with Gasteiger partial charge in [-0.25, -0.2) is 0 Å². The zero-order chi connectivity index (χ0) is 23.3. The molecule has 1 aliphatic heterocycles. The van der Waals surface area contributed by atoms with E-state index in [1.807, 2.05) is 0 Å². The highest BCUT2D eigenvalue weighted by Gasteiger charge is 2.52. The van der Waals surface area contributed by atoms with Crippen molar-refractivity contribution in [2.75, 3.05) is 21.3 Å². The Morgan fingerprint density at radius 2 is 1.19 bits per heavy atom. The molecule has 5 atom stereocenters. The van der Waals surface area contributed by atoms with E-state index in [9.17, 15) is 14.4 Å². The molecule has 0 radical (unpaired) electrons. The Bertz CT molecular complexity index is 795. The highest BCUT2D eigenvalue weighted by atomic mass is 16.6. The predicted molar refractivity (Wildman–Crippen MR) is 106 cm³/mol. The van der Waals surface area contributed by atoms with Gasteiger partial charge in [-0.05, 0) is 6.92 Å². The summed E-state index contributed by atoms with van der Waals surface area (Å²) in [6.45, 7) is 5.30. The maximum atomic E-state index is 11.9. The third-order valence-electron chi connectivity index (χ3n) is 4.71. The van der Waals surface area contributed by atoms with Crippen LogP contribution in [0.5, 0.6) is 17.2 Å². The zero-order valence-electron chi connectivity index (χ0n) is 18.6. The number of hydrogen-bond acceptors (Lipinski definition) is 10. The molecule has 31 heavy (non-hydrogen) atoms. The maximum absolute atomic E-state index is 11.9. The van der Waals surface area contributed by atoms with E-state index in [1.54, 1.807) is 19.1 Å².